The first-order valence-corrected chi connectivity index (χ1v) is 7.82. The molecule has 0 bridgehead atoms. The van der Waals surface area contributed by atoms with Crippen molar-refractivity contribution in [3.05, 3.63) is 47.3 Å². The first-order chi connectivity index (χ1) is 11.3. The van der Waals surface area contributed by atoms with E-state index >= 15 is 0 Å². The number of rotatable bonds is 5. The Morgan fingerprint density at radius 3 is 2.42 bits per heavy atom. The van der Waals surface area contributed by atoms with Gasteiger partial charge < -0.3 is 15.4 Å². The first kappa shape index (κ1) is 17.7. The number of aryl methyl sites for hydroxylation is 1. The maximum Gasteiger partial charge on any atom is 0.270 e. The summed E-state index contributed by atoms with van der Waals surface area (Å²) in [5.41, 5.74) is 1.90. The van der Waals surface area contributed by atoms with E-state index < -0.39 is 0 Å². The van der Waals surface area contributed by atoms with Gasteiger partial charge in [-0.15, -0.1) is 0 Å². The second-order valence-corrected chi connectivity index (χ2v) is 6.62. The van der Waals surface area contributed by atoms with Crippen molar-refractivity contribution in [3.8, 4) is 5.75 Å². The standard InChI is InChI=1S/C18H24N4O2/c1-12-10-15(21-17(20-12)22-18(2,3)4)16(23)19-11-13-6-8-14(24-5)9-7-13/h6-10H,11H2,1-5H3,(H,19,23)(H,20,21,22). The van der Waals surface area contributed by atoms with Crippen LogP contribution in [0.15, 0.2) is 30.3 Å². The van der Waals surface area contributed by atoms with Gasteiger partial charge in [-0.05, 0) is 51.5 Å². The fraction of sp³-hybridized carbons (Fsp3) is 0.389. The molecule has 24 heavy (non-hydrogen) atoms. The van der Waals surface area contributed by atoms with Gasteiger partial charge in [0.05, 0.1) is 7.11 Å². The lowest BCUT2D eigenvalue weighted by molar-refractivity contribution is 0.0945. The van der Waals surface area contributed by atoms with E-state index in [2.05, 4.69) is 20.6 Å². The predicted octanol–water partition coefficient (Wildman–Crippen LogP) is 2.93. The molecule has 6 nitrogen and oxygen atoms in total. The van der Waals surface area contributed by atoms with E-state index in [1.807, 2.05) is 52.0 Å². The van der Waals surface area contributed by atoms with Crippen molar-refractivity contribution in [2.75, 3.05) is 12.4 Å². The number of carbonyl (C=O) groups excluding carboxylic acids is 1. The average molecular weight is 328 g/mol. The summed E-state index contributed by atoms with van der Waals surface area (Å²) in [5.74, 6) is 1.01. The zero-order valence-corrected chi connectivity index (χ0v) is 14.8. The fourth-order valence-electron chi connectivity index (χ4n) is 2.09. The molecule has 0 spiro atoms. The number of hydrogen-bond donors (Lipinski definition) is 2. The topological polar surface area (TPSA) is 76.1 Å². The fourth-order valence-corrected chi connectivity index (χ4v) is 2.09. The number of aromatic nitrogens is 2. The van der Waals surface area contributed by atoms with Gasteiger partial charge in [-0.1, -0.05) is 12.1 Å². The van der Waals surface area contributed by atoms with Crippen molar-refractivity contribution in [1.29, 1.82) is 0 Å². The highest BCUT2D eigenvalue weighted by Gasteiger charge is 2.15. The zero-order chi connectivity index (χ0) is 17.7. The molecule has 0 aliphatic rings. The van der Waals surface area contributed by atoms with Crippen LogP contribution in [0.3, 0.4) is 0 Å². The van der Waals surface area contributed by atoms with Crippen LogP contribution >= 0.6 is 0 Å². The molecule has 128 valence electrons. The molecule has 1 aromatic heterocycles. The molecular formula is C18H24N4O2. The van der Waals surface area contributed by atoms with E-state index in [1.54, 1.807) is 13.2 Å². The van der Waals surface area contributed by atoms with Crippen LogP contribution in [0.5, 0.6) is 5.75 Å². The van der Waals surface area contributed by atoms with Gasteiger partial charge in [0.15, 0.2) is 0 Å². The van der Waals surface area contributed by atoms with Crippen LogP contribution in [-0.2, 0) is 6.54 Å². The molecule has 1 heterocycles. The molecular weight excluding hydrogens is 304 g/mol. The van der Waals surface area contributed by atoms with Crippen molar-refractivity contribution >= 4 is 11.9 Å². The summed E-state index contributed by atoms with van der Waals surface area (Å²) >= 11 is 0. The maximum absolute atomic E-state index is 12.4. The Bertz CT molecular complexity index is 706. The third-order valence-electron chi connectivity index (χ3n) is 3.19. The van der Waals surface area contributed by atoms with Crippen molar-refractivity contribution in [3.63, 3.8) is 0 Å². The highest BCUT2D eigenvalue weighted by atomic mass is 16.5. The van der Waals surface area contributed by atoms with Crippen LogP contribution in [0.25, 0.3) is 0 Å². The summed E-state index contributed by atoms with van der Waals surface area (Å²) < 4.78 is 5.12. The summed E-state index contributed by atoms with van der Waals surface area (Å²) in [6.45, 7) is 8.32. The van der Waals surface area contributed by atoms with Crippen LogP contribution < -0.4 is 15.4 Å². The molecule has 0 aliphatic heterocycles. The number of nitrogens with one attached hydrogen (secondary N) is 2. The van der Waals surface area contributed by atoms with Crippen LogP contribution in [0.2, 0.25) is 0 Å². The van der Waals surface area contributed by atoms with Gasteiger partial charge in [-0.3, -0.25) is 4.79 Å². The van der Waals surface area contributed by atoms with Crippen molar-refractivity contribution in [2.24, 2.45) is 0 Å². The molecule has 2 N–H and O–H groups in total. The molecule has 2 rings (SSSR count). The van der Waals surface area contributed by atoms with Gasteiger partial charge >= 0.3 is 0 Å². The number of methoxy groups -OCH3 is 1. The van der Waals surface area contributed by atoms with E-state index in [0.29, 0.717) is 18.2 Å². The van der Waals surface area contributed by atoms with Gasteiger partial charge in [0, 0.05) is 17.8 Å². The van der Waals surface area contributed by atoms with Crippen LogP contribution in [-0.4, -0.2) is 28.5 Å². The summed E-state index contributed by atoms with van der Waals surface area (Å²) in [6, 6.07) is 9.23. The van der Waals surface area contributed by atoms with Crippen molar-refractivity contribution in [1.82, 2.24) is 15.3 Å². The zero-order valence-electron chi connectivity index (χ0n) is 14.8. The smallest absolute Gasteiger partial charge is 0.270 e. The number of amides is 1. The molecule has 0 fully saturated rings. The molecule has 0 aliphatic carbocycles. The predicted molar refractivity (Wildman–Crippen MR) is 94.3 cm³/mol. The van der Waals surface area contributed by atoms with Crippen molar-refractivity contribution in [2.45, 2.75) is 39.8 Å². The number of nitrogens with zero attached hydrogens (tertiary/aromatic N) is 2. The SMILES string of the molecule is COc1ccc(CNC(=O)c2cc(C)nc(NC(C)(C)C)n2)cc1. The summed E-state index contributed by atoms with van der Waals surface area (Å²) in [5, 5.41) is 6.06. The van der Waals surface area contributed by atoms with E-state index in [-0.39, 0.29) is 11.4 Å². The third-order valence-corrected chi connectivity index (χ3v) is 3.19. The number of anilines is 1. The molecule has 1 aromatic carbocycles. The summed E-state index contributed by atoms with van der Waals surface area (Å²) in [6.07, 6.45) is 0. The van der Waals surface area contributed by atoms with E-state index in [9.17, 15) is 4.79 Å². The lowest BCUT2D eigenvalue weighted by atomic mass is 10.1. The molecule has 0 saturated heterocycles. The molecule has 6 heteroatoms. The van der Waals surface area contributed by atoms with Crippen molar-refractivity contribution < 1.29 is 9.53 Å². The van der Waals surface area contributed by atoms with Gasteiger partial charge in [0.2, 0.25) is 5.95 Å². The largest absolute Gasteiger partial charge is 0.497 e. The highest BCUT2D eigenvalue weighted by molar-refractivity contribution is 5.92. The molecule has 0 unspecified atom stereocenters. The normalized spacial score (nSPS) is 11.0. The van der Waals surface area contributed by atoms with E-state index in [0.717, 1.165) is 17.0 Å². The molecule has 2 aromatic rings. The van der Waals surface area contributed by atoms with Gasteiger partial charge in [-0.2, -0.15) is 0 Å². The quantitative estimate of drug-likeness (QED) is 0.882. The Balaban J connectivity index is 2.05. The minimum Gasteiger partial charge on any atom is -0.497 e. The van der Waals surface area contributed by atoms with E-state index in [1.165, 1.54) is 0 Å². The molecule has 1 amide bonds. The van der Waals surface area contributed by atoms with Crippen LogP contribution in [0.1, 0.15) is 42.5 Å². The Morgan fingerprint density at radius 2 is 1.83 bits per heavy atom. The number of benzene rings is 1. The third kappa shape index (κ3) is 5.22. The number of hydrogen-bond acceptors (Lipinski definition) is 5. The Labute approximate surface area is 142 Å². The van der Waals surface area contributed by atoms with E-state index in [4.69, 9.17) is 4.74 Å². The second kappa shape index (κ2) is 7.29. The average Bonchev–Trinajstić information content (AvgIpc) is 2.50. The number of ether oxygens (including phenoxy) is 1. The Kier molecular flexibility index (Phi) is 5.39. The highest BCUT2D eigenvalue weighted by Crippen LogP contribution is 2.13. The first-order valence-electron chi connectivity index (χ1n) is 7.82. The molecule has 0 saturated carbocycles. The van der Waals surface area contributed by atoms with Crippen LogP contribution in [0.4, 0.5) is 5.95 Å². The maximum atomic E-state index is 12.4. The summed E-state index contributed by atoms with van der Waals surface area (Å²) in [4.78, 5) is 21.0. The van der Waals surface area contributed by atoms with Gasteiger partial charge in [0.25, 0.3) is 5.91 Å². The number of carbonyl (C=O) groups is 1. The van der Waals surface area contributed by atoms with Gasteiger partial charge in [-0.25, -0.2) is 9.97 Å². The molecule has 0 atom stereocenters. The lowest BCUT2D eigenvalue weighted by Crippen LogP contribution is -2.29. The minimum atomic E-state index is -0.228. The second-order valence-electron chi connectivity index (χ2n) is 6.62. The Morgan fingerprint density at radius 1 is 1.17 bits per heavy atom. The molecule has 0 radical (unpaired) electrons. The lowest BCUT2D eigenvalue weighted by Gasteiger charge is -2.20. The van der Waals surface area contributed by atoms with Crippen LogP contribution in [0, 0.1) is 6.92 Å². The monoisotopic (exact) mass is 328 g/mol. The Hall–Kier alpha value is -2.63. The summed E-state index contributed by atoms with van der Waals surface area (Å²) in [7, 11) is 1.62. The van der Waals surface area contributed by atoms with Gasteiger partial charge in [0.1, 0.15) is 11.4 Å². The minimum absolute atomic E-state index is 0.176.